The number of hydrogen-bond donors (Lipinski definition) is 1. The number of nitrogen functional groups attached to an aromatic ring is 1. The van der Waals surface area contributed by atoms with Gasteiger partial charge in [0.15, 0.2) is 0 Å². The molecule has 0 bridgehead atoms. The highest BCUT2D eigenvalue weighted by Crippen LogP contribution is 2.28. The van der Waals surface area contributed by atoms with E-state index in [1.54, 1.807) is 0 Å². The number of hydrogen-bond acceptors (Lipinski definition) is 2. The highest BCUT2D eigenvalue weighted by atomic mass is 14.7. The molecule has 0 saturated carbocycles. The number of aryl methyl sites for hydroxylation is 2. The summed E-state index contributed by atoms with van der Waals surface area (Å²) in [5.41, 5.74) is 10.7. The molecule has 0 aliphatic rings. The molecule has 0 amide bonds. The van der Waals surface area contributed by atoms with Gasteiger partial charge in [-0.3, -0.25) is 4.98 Å². The highest BCUT2D eigenvalue weighted by molar-refractivity contribution is 5.93. The van der Waals surface area contributed by atoms with Gasteiger partial charge in [-0.2, -0.15) is 0 Å². The molecule has 1 aromatic carbocycles. The lowest BCUT2D eigenvalue weighted by molar-refractivity contribution is 0.379. The van der Waals surface area contributed by atoms with Crippen LogP contribution in [-0.2, 0) is 6.42 Å². The van der Waals surface area contributed by atoms with Gasteiger partial charge in [-0.05, 0) is 42.9 Å². The third-order valence-electron chi connectivity index (χ3n) is 3.22. The van der Waals surface area contributed by atoms with E-state index in [0.717, 1.165) is 35.1 Å². The second kappa shape index (κ2) is 4.60. The van der Waals surface area contributed by atoms with Crippen LogP contribution in [0, 0.1) is 12.3 Å². The van der Waals surface area contributed by atoms with Gasteiger partial charge in [0.05, 0.1) is 5.52 Å². The number of anilines is 1. The van der Waals surface area contributed by atoms with Crippen LogP contribution in [0.1, 0.15) is 38.4 Å². The van der Waals surface area contributed by atoms with Gasteiger partial charge in [0.2, 0.25) is 0 Å². The van der Waals surface area contributed by atoms with Gasteiger partial charge in [-0.1, -0.05) is 32.9 Å². The maximum atomic E-state index is 6.16. The maximum absolute atomic E-state index is 6.16. The van der Waals surface area contributed by atoms with E-state index >= 15 is 0 Å². The first-order valence-electron chi connectivity index (χ1n) is 6.51. The van der Waals surface area contributed by atoms with Gasteiger partial charge in [0, 0.05) is 16.8 Å². The average molecular weight is 242 g/mol. The highest BCUT2D eigenvalue weighted by Gasteiger charge is 2.12. The summed E-state index contributed by atoms with van der Waals surface area (Å²) < 4.78 is 0. The summed E-state index contributed by atoms with van der Waals surface area (Å²) in [5, 5.41) is 1.13. The Balaban J connectivity index is 2.45. The summed E-state index contributed by atoms with van der Waals surface area (Å²) in [7, 11) is 0. The Morgan fingerprint density at radius 3 is 2.61 bits per heavy atom. The Morgan fingerprint density at radius 2 is 1.94 bits per heavy atom. The van der Waals surface area contributed by atoms with Crippen LogP contribution < -0.4 is 5.73 Å². The predicted molar refractivity (Wildman–Crippen MR) is 78.7 cm³/mol. The molecule has 0 saturated heterocycles. The van der Waals surface area contributed by atoms with Crippen molar-refractivity contribution in [1.82, 2.24) is 4.98 Å². The monoisotopic (exact) mass is 242 g/mol. The van der Waals surface area contributed by atoms with E-state index in [-0.39, 0.29) is 0 Å². The topological polar surface area (TPSA) is 38.9 Å². The first-order chi connectivity index (χ1) is 8.37. The van der Waals surface area contributed by atoms with Crippen LogP contribution in [0.4, 0.5) is 5.69 Å². The fourth-order valence-electron chi connectivity index (χ4n) is 2.25. The van der Waals surface area contributed by atoms with Gasteiger partial charge in [0.1, 0.15) is 0 Å². The lowest BCUT2D eigenvalue weighted by Crippen LogP contribution is -2.07. The molecule has 18 heavy (non-hydrogen) atoms. The predicted octanol–water partition coefficient (Wildman–Crippen LogP) is 4.10. The Hall–Kier alpha value is -1.57. The summed E-state index contributed by atoms with van der Waals surface area (Å²) in [6, 6.07) is 8.25. The molecule has 0 radical (unpaired) electrons. The molecule has 0 fully saturated rings. The van der Waals surface area contributed by atoms with Gasteiger partial charge < -0.3 is 5.73 Å². The molecule has 0 unspecified atom stereocenters. The molecule has 2 nitrogen and oxygen atoms in total. The third kappa shape index (κ3) is 2.81. The van der Waals surface area contributed by atoms with Crippen molar-refractivity contribution in [2.75, 3.05) is 5.73 Å². The van der Waals surface area contributed by atoms with Crippen LogP contribution in [0.5, 0.6) is 0 Å². The fourth-order valence-corrected chi connectivity index (χ4v) is 2.25. The van der Waals surface area contributed by atoms with Crippen LogP contribution in [0.2, 0.25) is 0 Å². The molecule has 0 aliphatic heterocycles. The molecule has 0 atom stereocenters. The van der Waals surface area contributed by atoms with Crippen LogP contribution >= 0.6 is 0 Å². The summed E-state index contributed by atoms with van der Waals surface area (Å²) in [5.74, 6) is 0. The molecule has 2 aromatic rings. The molecular weight excluding hydrogens is 220 g/mol. The molecule has 2 heteroatoms. The molecule has 0 spiro atoms. The summed E-state index contributed by atoms with van der Waals surface area (Å²) >= 11 is 0. The first-order valence-corrected chi connectivity index (χ1v) is 6.51. The first kappa shape index (κ1) is 12.9. The molecule has 1 heterocycles. The molecule has 96 valence electrons. The van der Waals surface area contributed by atoms with Gasteiger partial charge >= 0.3 is 0 Å². The lowest BCUT2D eigenvalue weighted by Gasteiger charge is -2.18. The minimum Gasteiger partial charge on any atom is -0.398 e. The van der Waals surface area contributed by atoms with Crippen molar-refractivity contribution in [2.24, 2.45) is 5.41 Å². The normalized spacial score (nSPS) is 12.0. The number of rotatable bonds is 2. The summed E-state index contributed by atoms with van der Waals surface area (Å²) in [6.07, 6.45) is 2.20. The van der Waals surface area contributed by atoms with Gasteiger partial charge in [-0.15, -0.1) is 0 Å². The third-order valence-corrected chi connectivity index (χ3v) is 3.22. The molecular formula is C16H22N2. The fraction of sp³-hybridized carbons (Fsp3) is 0.438. The SMILES string of the molecule is Cc1cc(N)c2c(CCC(C)(C)C)cccc2n1. The maximum Gasteiger partial charge on any atom is 0.0728 e. The number of benzene rings is 1. The van der Waals surface area contributed by atoms with Crippen molar-refractivity contribution in [1.29, 1.82) is 0 Å². The van der Waals surface area contributed by atoms with Gasteiger partial charge in [-0.25, -0.2) is 0 Å². The van der Waals surface area contributed by atoms with Gasteiger partial charge in [0.25, 0.3) is 0 Å². The molecule has 1 aromatic heterocycles. The molecule has 0 aliphatic carbocycles. The van der Waals surface area contributed by atoms with Crippen molar-refractivity contribution < 1.29 is 0 Å². The number of aromatic nitrogens is 1. The van der Waals surface area contributed by atoms with Crippen molar-refractivity contribution in [3.63, 3.8) is 0 Å². The van der Waals surface area contributed by atoms with E-state index < -0.39 is 0 Å². The Bertz CT molecular complexity index is 565. The quantitative estimate of drug-likeness (QED) is 0.861. The van der Waals surface area contributed by atoms with Crippen molar-refractivity contribution in [3.8, 4) is 0 Å². The van der Waals surface area contributed by atoms with Crippen LogP contribution in [0.3, 0.4) is 0 Å². The lowest BCUT2D eigenvalue weighted by atomic mass is 9.87. The van der Waals surface area contributed by atoms with Crippen molar-refractivity contribution in [2.45, 2.75) is 40.5 Å². The standard InChI is InChI=1S/C16H22N2/c1-11-10-13(17)15-12(8-9-16(2,3)4)6-5-7-14(15)18-11/h5-7,10H,8-9H2,1-4H3,(H2,17,18). The van der Waals surface area contributed by atoms with Crippen LogP contribution in [0.15, 0.2) is 24.3 Å². The van der Waals surface area contributed by atoms with E-state index in [2.05, 4.69) is 37.9 Å². The zero-order valence-corrected chi connectivity index (χ0v) is 11.7. The number of pyridine rings is 1. The molecule has 2 rings (SSSR count). The second-order valence-electron chi connectivity index (χ2n) is 6.22. The van der Waals surface area contributed by atoms with Crippen LogP contribution in [-0.4, -0.2) is 4.98 Å². The van der Waals surface area contributed by atoms with E-state index in [1.807, 2.05) is 19.1 Å². The van der Waals surface area contributed by atoms with E-state index in [1.165, 1.54) is 5.56 Å². The Labute approximate surface area is 109 Å². The molecule has 2 N–H and O–H groups in total. The largest absolute Gasteiger partial charge is 0.398 e. The average Bonchev–Trinajstić information content (AvgIpc) is 2.24. The second-order valence-corrected chi connectivity index (χ2v) is 6.22. The zero-order valence-electron chi connectivity index (χ0n) is 11.7. The minimum absolute atomic E-state index is 0.342. The summed E-state index contributed by atoms with van der Waals surface area (Å²) in [6.45, 7) is 8.79. The van der Waals surface area contributed by atoms with E-state index in [0.29, 0.717) is 5.41 Å². The van der Waals surface area contributed by atoms with Crippen molar-refractivity contribution >= 4 is 16.6 Å². The summed E-state index contributed by atoms with van der Waals surface area (Å²) in [4.78, 5) is 4.56. The smallest absolute Gasteiger partial charge is 0.0728 e. The van der Waals surface area contributed by atoms with E-state index in [4.69, 9.17) is 5.73 Å². The Morgan fingerprint density at radius 1 is 1.22 bits per heavy atom. The number of nitrogens with zero attached hydrogens (tertiary/aromatic N) is 1. The zero-order chi connectivity index (χ0) is 13.3. The number of fused-ring (bicyclic) bond motifs is 1. The van der Waals surface area contributed by atoms with Crippen molar-refractivity contribution in [3.05, 3.63) is 35.5 Å². The van der Waals surface area contributed by atoms with E-state index in [9.17, 15) is 0 Å². The minimum atomic E-state index is 0.342. The van der Waals surface area contributed by atoms with Crippen LogP contribution in [0.25, 0.3) is 10.9 Å². The number of nitrogens with two attached hydrogens (primary N) is 1. The Kier molecular flexibility index (Phi) is 3.29.